The maximum Gasteiger partial charge on any atom is 0.0755 e. The number of rotatable bonds is 1. The Morgan fingerprint density at radius 1 is 1.00 bits per heavy atom. The first-order chi connectivity index (χ1) is 10.8. The summed E-state index contributed by atoms with van der Waals surface area (Å²) in [5, 5.41) is 11.0. The summed E-state index contributed by atoms with van der Waals surface area (Å²) in [5.41, 5.74) is 1.78. The van der Waals surface area contributed by atoms with Crippen LogP contribution in [0.4, 0.5) is 0 Å². The Morgan fingerprint density at radius 2 is 1.74 bits per heavy atom. The quantitative estimate of drug-likeness (QED) is 0.709. The molecule has 4 aliphatic carbocycles. The van der Waals surface area contributed by atoms with Gasteiger partial charge in [0.2, 0.25) is 0 Å². The first-order valence-corrected chi connectivity index (χ1v) is 9.78. The zero-order valence-corrected chi connectivity index (χ0v) is 15.4. The van der Waals surface area contributed by atoms with Gasteiger partial charge in [-0.2, -0.15) is 0 Å². The van der Waals surface area contributed by atoms with Crippen molar-refractivity contribution in [3.8, 4) is 0 Å². The van der Waals surface area contributed by atoms with Crippen molar-refractivity contribution in [2.24, 2.45) is 28.6 Å². The van der Waals surface area contributed by atoms with E-state index in [1.165, 1.54) is 44.9 Å². The lowest BCUT2D eigenvalue weighted by Gasteiger charge is -2.59. The summed E-state index contributed by atoms with van der Waals surface area (Å²) >= 11 is 0. The van der Waals surface area contributed by atoms with Crippen LogP contribution in [-0.2, 0) is 4.74 Å². The van der Waals surface area contributed by atoms with Gasteiger partial charge in [0, 0.05) is 7.11 Å². The van der Waals surface area contributed by atoms with Gasteiger partial charge in [-0.15, -0.1) is 0 Å². The number of methoxy groups -OCH3 is 1. The van der Waals surface area contributed by atoms with Crippen LogP contribution < -0.4 is 0 Å². The third-order valence-corrected chi connectivity index (χ3v) is 8.94. The Balaban J connectivity index is 1.66. The van der Waals surface area contributed by atoms with Crippen LogP contribution in [0.2, 0.25) is 0 Å². The number of allylic oxidation sites excluding steroid dienone is 1. The molecule has 0 spiro atoms. The molecule has 0 aliphatic heterocycles. The molecule has 1 N–H and O–H groups in total. The van der Waals surface area contributed by atoms with Gasteiger partial charge in [0.15, 0.2) is 0 Å². The Hall–Kier alpha value is -0.340. The SMILES string of the molecule is COC1C=C2CC[C@@H]3[C@H](CC[C@@]4(C)[C@H]3CC[C@@]4(C)O)[C@@]2(C)CC1. The highest BCUT2D eigenvalue weighted by Gasteiger charge is 2.62. The third kappa shape index (κ3) is 2.07. The molecule has 0 bridgehead atoms. The van der Waals surface area contributed by atoms with E-state index in [1.807, 2.05) is 7.11 Å². The van der Waals surface area contributed by atoms with E-state index in [9.17, 15) is 5.11 Å². The van der Waals surface area contributed by atoms with Crippen molar-refractivity contribution >= 4 is 0 Å². The second-order valence-electron chi connectivity index (χ2n) is 9.61. The topological polar surface area (TPSA) is 29.5 Å². The van der Waals surface area contributed by atoms with Gasteiger partial charge in [0.05, 0.1) is 11.7 Å². The van der Waals surface area contributed by atoms with Gasteiger partial charge < -0.3 is 9.84 Å². The largest absolute Gasteiger partial charge is 0.390 e. The predicted molar refractivity (Wildman–Crippen MR) is 93.1 cm³/mol. The van der Waals surface area contributed by atoms with E-state index in [1.54, 1.807) is 5.57 Å². The van der Waals surface area contributed by atoms with Crippen molar-refractivity contribution in [3.05, 3.63) is 11.6 Å². The Kier molecular flexibility index (Phi) is 3.57. The standard InChI is InChI=1S/C21H34O2/c1-19-10-7-15(23-4)13-14(19)5-6-16-17(19)8-11-20(2)18(16)9-12-21(20,3)22/h13,15-18,22H,5-12H2,1-4H3/t15?,16-,17+,18+,19+,20+,21-/m1/s1. The minimum atomic E-state index is -0.451. The molecule has 23 heavy (non-hydrogen) atoms. The van der Waals surface area contributed by atoms with Gasteiger partial charge in [0.1, 0.15) is 0 Å². The lowest BCUT2D eigenvalue weighted by atomic mass is 9.46. The first-order valence-electron chi connectivity index (χ1n) is 9.78. The maximum atomic E-state index is 11.0. The van der Waals surface area contributed by atoms with Crippen LogP contribution in [-0.4, -0.2) is 23.9 Å². The van der Waals surface area contributed by atoms with Gasteiger partial charge in [-0.1, -0.05) is 25.5 Å². The lowest BCUT2D eigenvalue weighted by Crippen LogP contribution is -2.54. The average Bonchev–Trinajstić information content (AvgIpc) is 2.77. The fraction of sp³-hybridized carbons (Fsp3) is 0.905. The van der Waals surface area contributed by atoms with E-state index in [-0.39, 0.29) is 5.41 Å². The molecule has 0 aromatic rings. The van der Waals surface area contributed by atoms with Gasteiger partial charge in [0.25, 0.3) is 0 Å². The van der Waals surface area contributed by atoms with Gasteiger partial charge in [-0.25, -0.2) is 0 Å². The number of hydrogen-bond donors (Lipinski definition) is 1. The molecule has 0 amide bonds. The van der Waals surface area contributed by atoms with E-state index in [0.29, 0.717) is 11.5 Å². The summed E-state index contributed by atoms with van der Waals surface area (Å²) < 4.78 is 5.62. The molecule has 2 nitrogen and oxygen atoms in total. The van der Waals surface area contributed by atoms with Crippen molar-refractivity contribution in [2.45, 2.75) is 83.8 Å². The molecule has 0 aromatic heterocycles. The molecular weight excluding hydrogens is 284 g/mol. The van der Waals surface area contributed by atoms with Gasteiger partial charge in [-0.05, 0) is 86.9 Å². The van der Waals surface area contributed by atoms with Gasteiger partial charge >= 0.3 is 0 Å². The van der Waals surface area contributed by atoms with Crippen molar-refractivity contribution < 1.29 is 9.84 Å². The van der Waals surface area contributed by atoms with Crippen LogP contribution in [0.1, 0.15) is 72.1 Å². The fourth-order valence-corrected chi connectivity index (χ4v) is 7.13. The number of aliphatic hydroxyl groups is 1. The minimum Gasteiger partial charge on any atom is -0.390 e. The van der Waals surface area contributed by atoms with Crippen LogP contribution in [0.5, 0.6) is 0 Å². The van der Waals surface area contributed by atoms with E-state index in [0.717, 1.165) is 24.2 Å². The second kappa shape index (κ2) is 5.08. The minimum absolute atomic E-state index is 0.148. The predicted octanol–water partition coefficient (Wildman–Crippen LogP) is 4.72. The highest BCUT2D eigenvalue weighted by atomic mass is 16.5. The van der Waals surface area contributed by atoms with E-state index in [4.69, 9.17) is 4.74 Å². The monoisotopic (exact) mass is 318 g/mol. The molecule has 130 valence electrons. The summed E-state index contributed by atoms with van der Waals surface area (Å²) in [6.07, 6.45) is 12.6. The van der Waals surface area contributed by atoms with Crippen LogP contribution >= 0.6 is 0 Å². The molecule has 2 heteroatoms. The molecule has 0 heterocycles. The Bertz CT molecular complexity index is 522. The molecule has 3 saturated carbocycles. The van der Waals surface area contributed by atoms with Crippen LogP contribution in [0, 0.1) is 28.6 Å². The average molecular weight is 319 g/mol. The van der Waals surface area contributed by atoms with Crippen molar-refractivity contribution in [3.63, 3.8) is 0 Å². The summed E-state index contributed by atoms with van der Waals surface area (Å²) in [7, 11) is 1.85. The Morgan fingerprint density at radius 3 is 2.48 bits per heavy atom. The highest BCUT2D eigenvalue weighted by molar-refractivity contribution is 5.26. The molecule has 4 aliphatic rings. The van der Waals surface area contributed by atoms with Crippen LogP contribution in [0.25, 0.3) is 0 Å². The normalized spacial score (nSPS) is 55.6. The molecule has 0 radical (unpaired) electrons. The van der Waals surface area contributed by atoms with Crippen molar-refractivity contribution in [1.82, 2.24) is 0 Å². The summed E-state index contributed by atoms with van der Waals surface area (Å²) in [4.78, 5) is 0. The zero-order chi connectivity index (χ0) is 16.5. The summed E-state index contributed by atoms with van der Waals surface area (Å²) in [6.45, 7) is 7.03. The number of fused-ring (bicyclic) bond motifs is 5. The fourth-order valence-electron chi connectivity index (χ4n) is 7.13. The molecular formula is C21H34O2. The molecule has 4 rings (SSSR count). The molecule has 3 fully saturated rings. The molecule has 0 aromatic carbocycles. The third-order valence-electron chi connectivity index (χ3n) is 8.94. The van der Waals surface area contributed by atoms with Crippen LogP contribution in [0.3, 0.4) is 0 Å². The first kappa shape index (κ1) is 16.1. The maximum absolute atomic E-state index is 11.0. The molecule has 7 atom stereocenters. The smallest absolute Gasteiger partial charge is 0.0755 e. The summed E-state index contributed by atoms with van der Waals surface area (Å²) in [6, 6.07) is 0. The zero-order valence-electron chi connectivity index (χ0n) is 15.4. The summed E-state index contributed by atoms with van der Waals surface area (Å²) in [5.74, 6) is 2.38. The lowest BCUT2D eigenvalue weighted by molar-refractivity contribution is -0.119. The van der Waals surface area contributed by atoms with E-state index in [2.05, 4.69) is 26.8 Å². The highest BCUT2D eigenvalue weighted by Crippen LogP contribution is 2.67. The Labute approximate surface area is 141 Å². The van der Waals surface area contributed by atoms with E-state index >= 15 is 0 Å². The molecule has 0 saturated heterocycles. The van der Waals surface area contributed by atoms with Crippen LogP contribution in [0.15, 0.2) is 11.6 Å². The second-order valence-corrected chi connectivity index (χ2v) is 9.61. The number of hydrogen-bond acceptors (Lipinski definition) is 2. The van der Waals surface area contributed by atoms with E-state index < -0.39 is 5.60 Å². The number of ether oxygens (including phenoxy) is 1. The van der Waals surface area contributed by atoms with Crippen molar-refractivity contribution in [2.75, 3.05) is 7.11 Å². The van der Waals surface area contributed by atoms with Gasteiger partial charge in [-0.3, -0.25) is 0 Å². The van der Waals surface area contributed by atoms with Crippen molar-refractivity contribution in [1.29, 1.82) is 0 Å². The molecule has 1 unspecified atom stereocenters.